The highest BCUT2D eigenvalue weighted by Gasteiger charge is 2.67. The predicted octanol–water partition coefficient (Wildman–Crippen LogP) is 2.04. The molecule has 0 aromatic rings. The molecule has 2 bridgehead atoms. The lowest BCUT2D eigenvalue weighted by atomic mass is 10.0. The van der Waals surface area contributed by atoms with Crippen molar-refractivity contribution in [1.29, 1.82) is 0 Å². The van der Waals surface area contributed by atoms with Gasteiger partial charge in [0.15, 0.2) is 0 Å². The highest BCUT2D eigenvalue weighted by Crippen LogP contribution is 2.69. The second-order valence-electron chi connectivity index (χ2n) is 6.56. The largest absolute Gasteiger partial charge is 0.480 e. The normalized spacial score (nSPS) is 39.7. The zero-order valence-electron chi connectivity index (χ0n) is 11.5. The fourth-order valence-electron chi connectivity index (χ4n) is 4.61. The Hall–Kier alpha value is -1.06. The lowest BCUT2D eigenvalue weighted by molar-refractivity contribution is -0.142. The Morgan fingerprint density at radius 1 is 1.26 bits per heavy atom. The van der Waals surface area contributed by atoms with Crippen LogP contribution in [-0.4, -0.2) is 23.0 Å². The number of carbonyl (C=O) groups is 2. The molecule has 0 heterocycles. The summed E-state index contributed by atoms with van der Waals surface area (Å²) < 4.78 is 0. The summed E-state index contributed by atoms with van der Waals surface area (Å²) in [5, 5.41) is 11.9. The predicted molar refractivity (Wildman–Crippen MR) is 70.4 cm³/mol. The molecule has 3 rings (SSSR count). The Bertz CT molecular complexity index is 379. The third kappa shape index (κ3) is 2.15. The van der Waals surface area contributed by atoms with E-state index in [4.69, 9.17) is 5.11 Å². The van der Waals surface area contributed by atoms with Crippen molar-refractivity contribution < 1.29 is 14.7 Å². The standard InChI is InChI=1S/C15H23NO3/c1-2-3-4-10(15(18)19)16-14(17)13-11-8-5-6-9(7-8)12(11)13/h8-13H,2-7H2,1H3,(H,16,17)(H,18,19)/t8?,9?,10-,11?,12?,13?/m0/s1. The van der Waals surface area contributed by atoms with Gasteiger partial charge in [0.2, 0.25) is 5.91 Å². The van der Waals surface area contributed by atoms with Gasteiger partial charge in [0.25, 0.3) is 0 Å². The molecule has 4 heteroatoms. The SMILES string of the molecule is CCCC[C@H](NC(=O)C1C2C3CCC(C3)C12)C(=O)O. The van der Waals surface area contributed by atoms with Crippen LogP contribution in [0.1, 0.15) is 45.4 Å². The van der Waals surface area contributed by atoms with Crippen molar-refractivity contribution in [2.45, 2.75) is 51.5 Å². The van der Waals surface area contributed by atoms with Crippen molar-refractivity contribution in [3.05, 3.63) is 0 Å². The number of hydrogen-bond acceptors (Lipinski definition) is 2. The Morgan fingerprint density at radius 2 is 1.89 bits per heavy atom. The number of rotatable bonds is 6. The average Bonchev–Trinajstić information content (AvgIpc) is 2.83. The van der Waals surface area contributed by atoms with Gasteiger partial charge in [-0.2, -0.15) is 0 Å². The van der Waals surface area contributed by atoms with Gasteiger partial charge in [-0.3, -0.25) is 4.79 Å². The molecular formula is C15H23NO3. The Balaban J connectivity index is 1.55. The fourth-order valence-corrected chi connectivity index (χ4v) is 4.61. The van der Waals surface area contributed by atoms with E-state index in [0.29, 0.717) is 18.3 Å². The van der Waals surface area contributed by atoms with Gasteiger partial charge < -0.3 is 10.4 Å². The molecule has 3 fully saturated rings. The molecule has 4 nitrogen and oxygen atoms in total. The summed E-state index contributed by atoms with van der Waals surface area (Å²) in [4.78, 5) is 23.4. The van der Waals surface area contributed by atoms with Gasteiger partial charge in [0.05, 0.1) is 0 Å². The fraction of sp³-hybridized carbons (Fsp3) is 0.867. The molecular weight excluding hydrogens is 242 g/mol. The molecule has 0 aromatic heterocycles. The zero-order chi connectivity index (χ0) is 13.6. The molecule has 1 amide bonds. The summed E-state index contributed by atoms with van der Waals surface area (Å²) in [5.41, 5.74) is 0. The molecule has 2 N–H and O–H groups in total. The van der Waals surface area contributed by atoms with Gasteiger partial charge in [-0.25, -0.2) is 4.79 Å². The van der Waals surface area contributed by atoms with Gasteiger partial charge in [-0.1, -0.05) is 19.8 Å². The third-order valence-corrected chi connectivity index (χ3v) is 5.50. The molecule has 3 saturated carbocycles. The number of unbranched alkanes of at least 4 members (excludes halogenated alkanes) is 1. The lowest BCUT2D eigenvalue weighted by Gasteiger charge is -2.15. The molecule has 0 aliphatic heterocycles. The minimum Gasteiger partial charge on any atom is -0.480 e. The first-order chi connectivity index (χ1) is 9.13. The van der Waals surface area contributed by atoms with Gasteiger partial charge in [-0.15, -0.1) is 0 Å². The number of carboxylic acid groups (broad SMARTS) is 1. The maximum atomic E-state index is 12.2. The van der Waals surface area contributed by atoms with Crippen LogP contribution in [0.5, 0.6) is 0 Å². The van der Waals surface area contributed by atoms with Crippen LogP contribution in [0.2, 0.25) is 0 Å². The zero-order valence-corrected chi connectivity index (χ0v) is 11.5. The van der Waals surface area contributed by atoms with Crippen LogP contribution in [-0.2, 0) is 9.59 Å². The molecule has 0 aromatic carbocycles. The van der Waals surface area contributed by atoms with E-state index in [2.05, 4.69) is 5.32 Å². The maximum absolute atomic E-state index is 12.2. The first-order valence-electron chi connectivity index (χ1n) is 7.66. The van der Waals surface area contributed by atoms with Gasteiger partial charge in [0, 0.05) is 5.92 Å². The third-order valence-electron chi connectivity index (χ3n) is 5.50. The van der Waals surface area contributed by atoms with Crippen molar-refractivity contribution >= 4 is 11.9 Å². The summed E-state index contributed by atoms with van der Waals surface area (Å²) in [6, 6.07) is -0.688. The minimum atomic E-state index is -0.893. The van der Waals surface area contributed by atoms with Crippen molar-refractivity contribution in [3.63, 3.8) is 0 Å². The van der Waals surface area contributed by atoms with E-state index in [1.54, 1.807) is 0 Å². The van der Waals surface area contributed by atoms with E-state index < -0.39 is 12.0 Å². The molecule has 106 valence electrons. The average molecular weight is 265 g/mol. The monoisotopic (exact) mass is 265 g/mol. The van der Waals surface area contributed by atoms with Crippen molar-refractivity contribution in [3.8, 4) is 0 Å². The van der Waals surface area contributed by atoms with Gasteiger partial charge in [-0.05, 0) is 49.4 Å². The molecule has 3 aliphatic carbocycles. The summed E-state index contributed by atoms with van der Waals surface area (Å²) in [7, 11) is 0. The van der Waals surface area contributed by atoms with E-state index in [9.17, 15) is 9.59 Å². The maximum Gasteiger partial charge on any atom is 0.326 e. The first-order valence-corrected chi connectivity index (χ1v) is 7.66. The van der Waals surface area contributed by atoms with E-state index in [1.165, 1.54) is 19.3 Å². The van der Waals surface area contributed by atoms with Crippen molar-refractivity contribution in [2.75, 3.05) is 0 Å². The summed E-state index contributed by atoms with van der Waals surface area (Å²) in [5.74, 6) is 1.92. The number of nitrogens with one attached hydrogen (secondary N) is 1. The molecule has 0 saturated heterocycles. The minimum absolute atomic E-state index is 0.00935. The van der Waals surface area contributed by atoms with E-state index in [0.717, 1.165) is 24.7 Å². The number of amides is 1. The molecule has 5 atom stereocenters. The van der Waals surface area contributed by atoms with Crippen LogP contribution in [0.3, 0.4) is 0 Å². The summed E-state index contributed by atoms with van der Waals surface area (Å²) in [6.07, 6.45) is 6.24. The molecule has 19 heavy (non-hydrogen) atoms. The molecule has 0 radical (unpaired) electrons. The van der Waals surface area contributed by atoms with E-state index in [1.807, 2.05) is 6.92 Å². The van der Waals surface area contributed by atoms with Crippen LogP contribution < -0.4 is 5.32 Å². The number of aliphatic carboxylic acids is 1. The van der Waals surface area contributed by atoms with Crippen molar-refractivity contribution in [2.24, 2.45) is 29.6 Å². The van der Waals surface area contributed by atoms with Crippen LogP contribution in [0.15, 0.2) is 0 Å². The number of carboxylic acids is 1. The summed E-state index contributed by atoms with van der Waals surface area (Å²) >= 11 is 0. The van der Waals surface area contributed by atoms with Crippen LogP contribution in [0.25, 0.3) is 0 Å². The van der Waals surface area contributed by atoms with E-state index in [-0.39, 0.29) is 11.8 Å². The smallest absolute Gasteiger partial charge is 0.326 e. The summed E-state index contributed by atoms with van der Waals surface area (Å²) in [6.45, 7) is 2.03. The van der Waals surface area contributed by atoms with Crippen LogP contribution in [0, 0.1) is 29.6 Å². The lowest BCUT2D eigenvalue weighted by Crippen LogP contribution is -2.42. The topological polar surface area (TPSA) is 66.4 Å². The van der Waals surface area contributed by atoms with Crippen LogP contribution in [0.4, 0.5) is 0 Å². The second-order valence-corrected chi connectivity index (χ2v) is 6.56. The van der Waals surface area contributed by atoms with Crippen molar-refractivity contribution in [1.82, 2.24) is 5.32 Å². The van der Waals surface area contributed by atoms with E-state index >= 15 is 0 Å². The molecule has 4 unspecified atom stereocenters. The first kappa shape index (κ1) is 12.9. The highest BCUT2D eigenvalue weighted by molar-refractivity contribution is 5.87. The highest BCUT2D eigenvalue weighted by atomic mass is 16.4. The number of fused-ring (bicyclic) bond motifs is 5. The Morgan fingerprint density at radius 3 is 2.42 bits per heavy atom. The molecule has 0 spiro atoms. The number of hydrogen-bond donors (Lipinski definition) is 2. The molecule has 3 aliphatic rings. The quantitative estimate of drug-likeness (QED) is 0.772. The van der Waals surface area contributed by atoms with Crippen LogP contribution >= 0.6 is 0 Å². The van der Waals surface area contributed by atoms with Gasteiger partial charge >= 0.3 is 5.97 Å². The van der Waals surface area contributed by atoms with Gasteiger partial charge in [0.1, 0.15) is 6.04 Å². The Kier molecular flexibility index (Phi) is 3.27. The second kappa shape index (κ2) is 4.80. The Labute approximate surface area is 113 Å². The number of carbonyl (C=O) groups excluding carboxylic acids is 1.